The largest absolute Gasteiger partial charge is 0.350 e. The van der Waals surface area contributed by atoms with Crippen molar-refractivity contribution in [3.8, 4) is 0 Å². The number of hydrogen-bond donors (Lipinski definition) is 1. The second-order valence-electron chi connectivity index (χ2n) is 5.80. The smallest absolute Gasteiger partial charge is 0.254 e. The SMILES string of the molecule is CC(C)(C)CC(Cl)CNC(=O)c1ccc(F)c(F)c1F. The van der Waals surface area contributed by atoms with Crippen LogP contribution in [-0.2, 0) is 0 Å². The minimum Gasteiger partial charge on any atom is -0.350 e. The highest BCUT2D eigenvalue weighted by Gasteiger charge is 2.21. The van der Waals surface area contributed by atoms with E-state index in [2.05, 4.69) is 5.32 Å². The molecule has 6 heteroatoms. The number of alkyl halides is 1. The van der Waals surface area contributed by atoms with E-state index in [0.29, 0.717) is 12.5 Å². The van der Waals surface area contributed by atoms with Crippen LogP contribution in [0.2, 0.25) is 0 Å². The fraction of sp³-hybridized carbons (Fsp3) is 0.500. The van der Waals surface area contributed by atoms with E-state index < -0.39 is 28.9 Å². The molecule has 0 fully saturated rings. The second kappa shape index (κ2) is 6.48. The summed E-state index contributed by atoms with van der Waals surface area (Å²) in [5.74, 6) is -5.30. The third kappa shape index (κ3) is 4.71. The summed E-state index contributed by atoms with van der Waals surface area (Å²) in [7, 11) is 0. The summed E-state index contributed by atoms with van der Waals surface area (Å²) < 4.78 is 39.2. The number of carbonyl (C=O) groups is 1. The first kappa shape index (κ1) is 16.8. The van der Waals surface area contributed by atoms with Gasteiger partial charge in [-0.25, -0.2) is 13.2 Å². The molecule has 0 saturated heterocycles. The Bertz CT molecular complexity index is 500. The van der Waals surface area contributed by atoms with Gasteiger partial charge >= 0.3 is 0 Å². The average molecular weight is 308 g/mol. The summed E-state index contributed by atoms with van der Waals surface area (Å²) in [6.07, 6.45) is 0.648. The van der Waals surface area contributed by atoms with Gasteiger partial charge in [-0.2, -0.15) is 0 Å². The van der Waals surface area contributed by atoms with Gasteiger partial charge in [0.25, 0.3) is 5.91 Å². The van der Waals surface area contributed by atoms with Crippen molar-refractivity contribution in [1.29, 1.82) is 0 Å². The maximum absolute atomic E-state index is 13.4. The third-order valence-electron chi connectivity index (χ3n) is 2.60. The summed E-state index contributed by atoms with van der Waals surface area (Å²) in [6.45, 7) is 6.12. The Labute approximate surface area is 121 Å². The predicted molar refractivity (Wildman–Crippen MR) is 72.4 cm³/mol. The molecule has 0 heterocycles. The van der Waals surface area contributed by atoms with Crippen LogP contribution in [0, 0.1) is 22.9 Å². The van der Waals surface area contributed by atoms with Crippen molar-refractivity contribution >= 4 is 17.5 Å². The molecule has 1 aromatic carbocycles. The Morgan fingerprint density at radius 1 is 1.25 bits per heavy atom. The van der Waals surface area contributed by atoms with Crippen molar-refractivity contribution in [2.75, 3.05) is 6.54 Å². The Hall–Kier alpha value is -1.23. The van der Waals surface area contributed by atoms with Gasteiger partial charge in [-0.3, -0.25) is 4.79 Å². The summed E-state index contributed by atoms with van der Waals surface area (Å²) in [6, 6.07) is 1.61. The quantitative estimate of drug-likeness (QED) is 0.664. The van der Waals surface area contributed by atoms with E-state index >= 15 is 0 Å². The van der Waals surface area contributed by atoms with Gasteiger partial charge in [0.15, 0.2) is 17.5 Å². The van der Waals surface area contributed by atoms with Gasteiger partial charge < -0.3 is 5.32 Å². The molecule has 0 aliphatic heterocycles. The van der Waals surface area contributed by atoms with Crippen LogP contribution in [0.25, 0.3) is 0 Å². The van der Waals surface area contributed by atoms with Gasteiger partial charge in [-0.15, -0.1) is 11.6 Å². The lowest BCUT2D eigenvalue weighted by Gasteiger charge is -2.22. The number of rotatable bonds is 4. The van der Waals surface area contributed by atoms with Crippen LogP contribution in [0.3, 0.4) is 0 Å². The van der Waals surface area contributed by atoms with Crippen LogP contribution in [0.1, 0.15) is 37.6 Å². The Morgan fingerprint density at radius 2 is 1.85 bits per heavy atom. The second-order valence-corrected chi connectivity index (χ2v) is 6.41. The number of halogens is 4. The van der Waals surface area contributed by atoms with Crippen molar-refractivity contribution in [2.24, 2.45) is 5.41 Å². The van der Waals surface area contributed by atoms with E-state index in [9.17, 15) is 18.0 Å². The molecule has 0 spiro atoms. The normalized spacial score (nSPS) is 13.2. The fourth-order valence-corrected chi connectivity index (χ4v) is 2.28. The fourth-order valence-electron chi connectivity index (χ4n) is 1.74. The molecule has 1 aromatic rings. The minimum atomic E-state index is -1.66. The summed E-state index contributed by atoms with van der Waals surface area (Å²) in [5.41, 5.74) is -0.548. The van der Waals surface area contributed by atoms with E-state index in [4.69, 9.17) is 11.6 Å². The van der Waals surface area contributed by atoms with Gasteiger partial charge in [0, 0.05) is 6.54 Å². The number of nitrogens with one attached hydrogen (secondary N) is 1. The van der Waals surface area contributed by atoms with Gasteiger partial charge in [0.05, 0.1) is 10.9 Å². The first-order chi connectivity index (χ1) is 9.11. The van der Waals surface area contributed by atoms with Gasteiger partial charge in [-0.05, 0) is 24.0 Å². The average Bonchev–Trinajstić information content (AvgIpc) is 2.31. The summed E-state index contributed by atoms with van der Waals surface area (Å²) in [4.78, 5) is 11.7. The third-order valence-corrected chi connectivity index (χ3v) is 2.91. The summed E-state index contributed by atoms with van der Waals surface area (Å²) >= 11 is 6.05. The molecule has 2 nitrogen and oxygen atoms in total. The van der Waals surface area contributed by atoms with E-state index in [1.165, 1.54) is 0 Å². The Kier molecular flexibility index (Phi) is 5.45. The first-order valence-electron chi connectivity index (χ1n) is 6.17. The number of carbonyl (C=O) groups excluding carboxylic acids is 1. The first-order valence-corrected chi connectivity index (χ1v) is 6.61. The number of amides is 1. The van der Waals surface area contributed by atoms with Crippen molar-refractivity contribution in [2.45, 2.75) is 32.6 Å². The van der Waals surface area contributed by atoms with E-state index in [0.717, 1.165) is 6.07 Å². The topological polar surface area (TPSA) is 29.1 Å². The molecule has 1 rings (SSSR count). The number of hydrogen-bond acceptors (Lipinski definition) is 1. The monoisotopic (exact) mass is 307 g/mol. The van der Waals surface area contributed by atoms with E-state index in [1.807, 2.05) is 20.8 Å². The summed E-state index contributed by atoms with van der Waals surface area (Å²) in [5, 5.41) is 2.08. The zero-order valence-corrected chi connectivity index (χ0v) is 12.3. The highest BCUT2D eigenvalue weighted by atomic mass is 35.5. The van der Waals surface area contributed by atoms with Crippen LogP contribution in [-0.4, -0.2) is 17.8 Å². The maximum atomic E-state index is 13.4. The Morgan fingerprint density at radius 3 is 2.40 bits per heavy atom. The van der Waals surface area contributed by atoms with Crippen molar-refractivity contribution in [3.05, 3.63) is 35.1 Å². The highest BCUT2D eigenvalue weighted by Crippen LogP contribution is 2.23. The van der Waals surface area contributed by atoms with Crippen LogP contribution in [0.4, 0.5) is 13.2 Å². The molecule has 112 valence electrons. The lowest BCUT2D eigenvalue weighted by atomic mass is 9.90. The van der Waals surface area contributed by atoms with Crippen LogP contribution in [0.5, 0.6) is 0 Å². The Balaban J connectivity index is 2.67. The molecule has 0 aliphatic rings. The molecule has 1 unspecified atom stereocenters. The molecule has 0 aliphatic carbocycles. The molecule has 1 amide bonds. The molecule has 0 saturated carbocycles. The minimum absolute atomic E-state index is 0.00955. The molecule has 0 aromatic heterocycles. The van der Waals surface area contributed by atoms with Crippen molar-refractivity contribution < 1.29 is 18.0 Å². The number of benzene rings is 1. The molecular formula is C14H17ClF3NO. The highest BCUT2D eigenvalue weighted by molar-refractivity contribution is 6.21. The van der Waals surface area contributed by atoms with Crippen molar-refractivity contribution in [1.82, 2.24) is 5.32 Å². The van der Waals surface area contributed by atoms with Gasteiger partial charge in [-0.1, -0.05) is 20.8 Å². The molecule has 0 bridgehead atoms. The molecular weight excluding hydrogens is 291 g/mol. The van der Waals surface area contributed by atoms with Crippen molar-refractivity contribution in [3.63, 3.8) is 0 Å². The molecule has 1 atom stereocenters. The van der Waals surface area contributed by atoms with Gasteiger partial charge in [0.2, 0.25) is 0 Å². The van der Waals surface area contributed by atoms with E-state index in [-0.39, 0.29) is 17.3 Å². The maximum Gasteiger partial charge on any atom is 0.254 e. The molecule has 20 heavy (non-hydrogen) atoms. The van der Waals surface area contributed by atoms with Crippen LogP contribution in [0.15, 0.2) is 12.1 Å². The zero-order valence-electron chi connectivity index (χ0n) is 11.6. The predicted octanol–water partition coefficient (Wildman–Crippen LogP) is 3.88. The lowest BCUT2D eigenvalue weighted by molar-refractivity contribution is 0.0946. The molecule has 0 radical (unpaired) electrons. The van der Waals surface area contributed by atoms with E-state index in [1.54, 1.807) is 0 Å². The van der Waals surface area contributed by atoms with Crippen LogP contribution >= 0.6 is 11.6 Å². The lowest BCUT2D eigenvalue weighted by Crippen LogP contribution is -2.32. The molecule has 1 N–H and O–H groups in total. The zero-order chi connectivity index (χ0) is 15.5. The van der Waals surface area contributed by atoms with Crippen LogP contribution < -0.4 is 5.32 Å². The standard InChI is InChI=1S/C14H17ClF3NO/c1-14(2,3)6-8(15)7-19-13(20)9-4-5-10(16)12(18)11(9)17/h4-5,8H,6-7H2,1-3H3,(H,19,20). The van der Waals surface area contributed by atoms with Gasteiger partial charge in [0.1, 0.15) is 0 Å².